The Hall–Kier alpha value is -1.52. The summed E-state index contributed by atoms with van der Waals surface area (Å²) in [5, 5.41) is 13.8. The van der Waals surface area contributed by atoms with Gasteiger partial charge in [-0.15, -0.1) is 6.58 Å². The van der Waals surface area contributed by atoms with Crippen molar-refractivity contribution >= 4 is 12.0 Å². The van der Waals surface area contributed by atoms with Gasteiger partial charge in [-0.05, 0) is 5.92 Å². The first-order chi connectivity index (χ1) is 7.02. The quantitative estimate of drug-likeness (QED) is 0.576. The third-order valence-electron chi connectivity index (χ3n) is 2.17. The molecule has 0 aliphatic carbocycles. The number of aliphatic carboxylic acids is 1. The molecule has 0 bridgehead atoms. The Labute approximate surface area is 89.6 Å². The van der Waals surface area contributed by atoms with Gasteiger partial charge in [0.05, 0.1) is 0 Å². The standard InChI is InChI=1S/C10H18N2O3/c1-4-6-11-10(15)12-8(9(13)14)7(3)5-2/h4,7-8H,1,5-6H2,2-3H3,(H,13,14)(H2,11,12,15)/t7-,8-/m1/s1. The number of nitrogens with one attached hydrogen (secondary N) is 2. The van der Waals surface area contributed by atoms with Gasteiger partial charge in [0.2, 0.25) is 0 Å². The number of urea groups is 1. The zero-order valence-corrected chi connectivity index (χ0v) is 9.12. The molecule has 0 saturated heterocycles. The second-order valence-corrected chi connectivity index (χ2v) is 3.34. The van der Waals surface area contributed by atoms with Crippen molar-refractivity contribution in [3.63, 3.8) is 0 Å². The van der Waals surface area contributed by atoms with Gasteiger partial charge in [-0.1, -0.05) is 26.3 Å². The topological polar surface area (TPSA) is 78.4 Å². The van der Waals surface area contributed by atoms with E-state index in [9.17, 15) is 9.59 Å². The molecule has 0 fully saturated rings. The van der Waals surface area contributed by atoms with Crippen molar-refractivity contribution in [3.8, 4) is 0 Å². The van der Waals surface area contributed by atoms with E-state index in [2.05, 4.69) is 17.2 Å². The zero-order valence-electron chi connectivity index (χ0n) is 9.12. The molecule has 0 unspecified atom stereocenters. The van der Waals surface area contributed by atoms with E-state index >= 15 is 0 Å². The molecule has 2 atom stereocenters. The maximum Gasteiger partial charge on any atom is 0.326 e. The number of amides is 2. The normalized spacial score (nSPS) is 13.7. The Morgan fingerprint density at radius 2 is 2.13 bits per heavy atom. The fourth-order valence-corrected chi connectivity index (χ4v) is 1.04. The summed E-state index contributed by atoms with van der Waals surface area (Å²) < 4.78 is 0. The predicted octanol–water partition coefficient (Wildman–Crippen LogP) is 0.971. The number of hydrogen-bond donors (Lipinski definition) is 3. The minimum Gasteiger partial charge on any atom is -0.480 e. The highest BCUT2D eigenvalue weighted by atomic mass is 16.4. The summed E-state index contributed by atoms with van der Waals surface area (Å²) in [6.07, 6.45) is 2.22. The van der Waals surface area contributed by atoms with Crippen LogP contribution in [-0.4, -0.2) is 29.7 Å². The maximum absolute atomic E-state index is 11.2. The van der Waals surface area contributed by atoms with Gasteiger partial charge in [0, 0.05) is 6.54 Å². The molecule has 2 amide bonds. The highest BCUT2D eigenvalue weighted by molar-refractivity contribution is 5.82. The molecule has 0 aliphatic rings. The summed E-state index contributed by atoms with van der Waals surface area (Å²) >= 11 is 0. The minimum atomic E-state index is -1.02. The van der Waals surface area contributed by atoms with Crippen LogP contribution in [0.3, 0.4) is 0 Å². The summed E-state index contributed by atoms with van der Waals surface area (Å²) in [5.74, 6) is -1.12. The van der Waals surface area contributed by atoms with Crippen LogP contribution in [0.15, 0.2) is 12.7 Å². The van der Waals surface area contributed by atoms with Crippen molar-refractivity contribution in [3.05, 3.63) is 12.7 Å². The first kappa shape index (κ1) is 13.5. The highest BCUT2D eigenvalue weighted by Crippen LogP contribution is 2.07. The molecule has 86 valence electrons. The molecule has 3 N–H and O–H groups in total. The lowest BCUT2D eigenvalue weighted by atomic mass is 9.99. The van der Waals surface area contributed by atoms with Crippen LogP contribution in [0.5, 0.6) is 0 Å². The average molecular weight is 214 g/mol. The van der Waals surface area contributed by atoms with Crippen molar-refractivity contribution in [2.24, 2.45) is 5.92 Å². The molecule has 0 aromatic rings. The summed E-state index contributed by atoms with van der Waals surface area (Å²) in [6, 6.07) is -1.33. The largest absolute Gasteiger partial charge is 0.480 e. The van der Waals surface area contributed by atoms with Gasteiger partial charge in [-0.3, -0.25) is 0 Å². The highest BCUT2D eigenvalue weighted by Gasteiger charge is 2.24. The molecule has 0 spiro atoms. The third-order valence-corrected chi connectivity index (χ3v) is 2.17. The van der Waals surface area contributed by atoms with Gasteiger partial charge in [-0.2, -0.15) is 0 Å². The average Bonchev–Trinajstić information content (AvgIpc) is 2.21. The first-order valence-corrected chi connectivity index (χ1v) is 4.91. The van der Waals surface area contributed by atoms with Crippen LogP contribution in [0.25, 0.3) is 0 Å². The molecular weight excluding hydrogens is 196 g/mol. The molecule has 0 aromatic heterocycles. The van der Waals surface area contributed by atoms with Gasteiger partial charge in [0.25, 0.3) is 0 Å². The molecule has 0 heterocycles. The lowest BCUT2D eigenvalue weighted by Crippen LogP contribution is -2.49. The fourth-order valence-electron chi connectivity index (χ4n) is 1.04. The smallest absolute Gasteiger partial charge is 0.326 e. The predicted molar refractivity (Wildman–Crippen MR) is 57.6 cm³/mol. The summed E-state index contributed by atoms with van der Waals surface area (Å²) in [7, 11) is 0. The van der Waals surface area contributed by atoms with Crippen molar-refractivity contribution in [1.29, 1.82) is 0 Å². The lowest BCUT2D eigenvalue weighted by molar-refractivity contribution is -0.140. The van der Waals surface area contributed by atoms with E-state index in [0.29, 0.717) is 13.0 Å². The number of carboxylic acids is 1. The number of carbonyl (C=O) groups excluding carboxylic acids is 1. The molecule has 0 radical (unpaired) electrons. The Bertz CT molecular complexity index is 241. The number of carboxylic acid groups (broad SMARTS) is 1. The van der Waals surface area contributed by atoms with Gasteiger partial charge in [-0.25, -0.2) is 9.59 Å². The van der Waals surface area contributed by atoms with Crippen molar-refractivity contribution < 1.29 is 14.7 Å². The van der Waals surface area contributed by atoms with Crippen molar-refractivity contribution in [2.45, 2.75) is 26.3 Å². The molecule has 5 nitrogen and oxygen atoms in total. The molecule has 5 heteroatoms. The maximum atomic E-state index is 11.2. The number of hydrogen-bond acceptors (Lipinski definition) is 2. The molecule has 15 heavy (non-hydrogen) atoms. The van der Waals surface area contributed by atoms with E-state index in [1.165, 1.54) is 6.08 Å². The van der Waals surface area contributed by atoms with Crippen LogP contribution < -0.4 is 10.6 Å². The van der Waals surface area contributed by atoms with E-state index in [0.717, 1.165) is 0 Å². The Morgan fingerprint density at radius 1 is 1.53 bits per heavy atom. The Kier molecular flexibility index (Phi) is 6.17. The van der Waals surface area contributed by atoms with E-state index in [1.54, 1.807) is 6.92 Å². The van der Waals surface area contributed by atoms with Gasteiger partial charge < -0.3 is 15.7 Å². The molecule has 0 aromatic carbocycles. The summed E-state index contributed by atoms with van der Waals surface area (Å²) in [5.41, 5.74) is 0. The third kappa shape index (κ3) is 5.05. The van der Waals surface area contributed by atoms with Gasteiger partial charge >= 0.3 is 12.0 Å². The number of carbonyl (C=O) groups is 2. The van der Waals surface area contributed by atoms with E-state index < -0.39 is 18.0 Å². The molecule has 0 saturated carbocycles. The van der Waals surface area contributed by atoms with Crippen LogP contribution in [-0.2, 0) is 4.79 Å². The summed E-state index contributed by atoms with van der Waals surface area (Å²) in [4.78, 5) is 22.1. The molecular formula is C10H18N2O3. The van der Waals surface area contributed by atoms with Crippen LogP contribution in [0.4, 0.5) is 4.79 Å². The first-order valence-electron chi connectivity index (χ1n) is 4.91. The lowest BCUT2D eigenvalue weighted by Gasteiger charge is -2.20. The van der Waals surface area contributed by atoms with E-state index in [4.69, 9.17) is 5.11 Å². The zero-order chi connectivity index (χ0) is 11.8. The molecule has 0 rings (SSSR count). The fraction of sp³-hybridized carbons (Fsp3) is 0.600. The van der Waals surface area contributed by atoms with E-state index in [1.807, 2.05) is 6.92 Å². The van der Waals surface area contributed by atoms with Crippen LogP contribution in [0.2, 0.25) is 0 Å². The summed E-state index contributed by atoms with van der Waals surface area (Å²) in [6.45, 7) is 7.42. The second kappa shape index (κ2) is 6.86. The minimum absolute atomic E-state index is 0.100. The van der Waals surface area contributed by atoms with Crippen molar-refractivity contribution in [1.82, 2.24) is 10.6 Å². The van der Waals surface area contributed by atoms with Crippen molar-refractivity contribution in [2.75, 3.05) is 6.54 Å². The Balaban J connectivity index is 4.22. The van der Waals surface area contributed by atoms with Crippen LogP contribution in [0, 0.1) is 5.92 Å². The van der Waals surface area contributed by atoms with E-state index in [-0.39, 0.29) is 5.92 Å². The Morgan fingerprint density at radius 3 is 2.53 bits per heavy atom. The van der Waals surface area contributed by atoms with Crippen LogP contribution in [0.1, 0.15) is 20.3 Å². The van der Waals surface area contributed by atoms with Gasteiger partial charge in [0.1, 0.15) is 6.04 Å². The van der Waals surface area contributed by atoms with Gasteiger partial charge in [0.15, 0.2) is 0 Å². The molecule has 0 aliphatic heterocycles. The monoisotopic (exact) mass is 214 g/mol. The SMILES string of the molecule is C=CCNC(=O)N[C@@H](C(=O)O)[C@H](C)CC. The number of rotatable bonds is 6. The second-order valence-electron chi connectivity index (χ2n) is 3.34. The van der Waals surface area contributed by atoms with Crippen LogP contribution >= 0.6 is 0 Å².